The van der Waals surface area contributed by atoms with Gasteiger partial charge in [-0.1, -0.05) is 29.8 Å². The van der Waals surface area contributed by atoms with Crippen LogP contribution >= 0.6 is 0 Å². The molecule has 1 aromatic heterocycles. The summed E-state index contributed by atoms with van der Waals surface area (Å²) in [7, 11) is 0. The summed E-state index contributed by atoms with van der Waals surface area (Å²) in [4.78, 5) is 0. The molecule has 2 aromatic rings. The molecule has 0 amide bonds. The Hall–Kier alpha value is -1.68. The second-order valence-electron chi connectivity index (χ2n) is 5.44. The predicted molar refractivity (Wildman–Crippen MR) is 74.9 cm³/mol. The van der Waals surface area contributed by atoms with Crippen molar-refractivity contribution in [3.8, 4) is 0 Å². The van der Waals surface area contributed by atoms with Crippen molar-refractivity contribution in [3.63, 3.8) is 0 Å². The Morgan fingerprint density at radius 3 is 3.05 bits per heavy atom. The van der Waals surface area contributed by atoms with Gasteiger partial charge in [-0.25, -0.2) is 0 Å². The SMILES string of the molecule is Cc1cccc(Cc2nnc3n2CCC(CN)C3)c1. The van der Waals surface area contributed by atoms with Crippen LogP contribution in [0.25, 0.3) is 0 Å². The third kappa shape index (κ3) is 2.54. The standard InChI is InChI=1S/C15H20N4/c1-11-3-2-4-12(7-11)8-14-17-18-15-9-13(10-16)5-6-19(14)15/h2-4,7,13H,5-6,8-10,16H2,1H3. The predicted octanol–water partition coefficient (Wildman–Crippen LogP) is 1.70. The first kappa shape index (κ1) is 12.4. The maximum atomic E-state index is 5.75. The van der Waals surface area contributed by atoms with Crippen molar-refractivity contribution in [3.05, 3.63) is 47.0 Å². The van der Waals surface area contributed by atoms with E-state index in [0.29, 0.717) is 5.92 Å². The normalized spacial score (nSPS) is 18.3. The van der Waals surface area contributed by atoms with Crippen LogP contribution in [0.15, 0.2) is 24.3 Å². The van der Waals surface area contributed by atoms with E-state index in [1.54, 1.807) is 0 Å². The molecule has 4 heteroatoms. The van der Waals surface area contributed by atoms with Gasteiger partial charge in [0.2, 0.25) is 0 Å². The summed E-state index contributed by atoms with van der Waals surface area (Å²) in [5.41, 5.74) is 8.34. The molecule has 19 heavy (non-hydrogen) atoms. The minimum atomic E-state index is 0.573. The molecule has 1 aliphatic rings. The summed E-state index contributed by atoms with van der Waals surface area (Å²) in [6, 6.07) is 8.59. The van der Waals surface area contributed by atoms with Gasteiger partial charge in [0.15, 0.2) is 0 Å². The minimum absolute atomic E-state index is 0.573. The third-order valence-electron chi connectivity index (χ3n) is 3.91. The molecule has 2 N–H and O–H groups in total. The summed E-state index contributed by atoms with van der Waals surface area (Å²) < 4.78 is 2.27. The van der Waals surface area contributed by atoms with Crippen LogP contribution in [0.5, 0.6) is 0 Å². The molecule has 1 unspecified atom stereocenters. The largest absolute Gasteiger partial charge is 0.330 e. The molecule has 0 saturated heterocycles. The topological polar surface area (TPSA) is 56.7 Å². The van der Waals surface area contributed by atoms with Gasteiger partial charge in [-0.05, 0) is 31.4 Å². The van der Waals surface area contributed by atoms with Crippen molar-refractivity contribution in [2.24, 2.45) is 11.7 Å². The van der Waals surface area contributed by atoms with Gasteiger partial charge in [0.1, 0.15) is 11.6 Å². The number of nitrogens with zero attached hydrogens (tertiary/aromatic N) is 3. The molecule has 3 rings (SSSR count). The van der Waals surface area contributed by atoms with Crippen LogP contribution in [0.4, 0.5) is 0 Å². The summed E-state index contributed by atoms with van der Waals surface area (Å²) in [6.07, 6.45) is 2.97. The van der Waals surface area contributed by atoms with E-state index in [9.17, 15) is 0 Å². The third-order valence-corrected chi connectivity index (χ3v) is 3.91. The summed E-state index contributed by atoms with van der Waals surface area (Å²) in [6.45, 7) is 3.88. The van der Waals surface area contributed by atoms with Gasteiger partial charge in [0.05, 0.1) is 0 Å². The van der Waals surface area contributed by atoms with E-state index >= 15 is 0 Å². The molecular weight excluding hydrogens is 236 g/mol. The van der Waals surface area contributed by atoms with E-state index in [4.69, 9.17) is 5.73 Å². The lowest BCUT2D eigenvalue weighted by Crippen LogP contribution is -2.26. The summed E-state index contributed by atoms with van der Waals surface area (Å²) in [5.74, 6) is 2.75. The number of nitrogens with two attached hydrogens (primary N) is 1. The second-order valence-corrected chi connectivity index (χ2v) is 5.44. The van der Waals surface area contributed by atoms with Crippen molar-refractivity contribution in [2.45, 2.75) is 32.7 Å². The molecule has 0 radical (unpaired) electrons. The fraction of sp³-hybridized carbons (Fsp3) is 0.467. The highest BCUT2D eigenvalue weighted by Crippen LogP contribution is 2.20. The van der Waals surface area contributed by atoms with Gasteiger partial charge in [0, 0.05) is 19.4 Å². The molecule has 0 saturated carbocycles. The maximum Gasteiger partial charge on any atom is 0.137 e. The summed E-state index contributed by atoms with van der Waals surface area (Å²) >= 11 is 0. The Bertz CT molecular complexity index is 573. The van der Waals surface area contributed by atoms with Crippen LogP contribution < -0.4 is 5.73 Å². The van der Waals surface area contributed by atoms with Gasteiger partial charge < -0.3 is 10.3 Å². The zero-order chi connectivity index (χ0) is 13.2. The van der Waals surface area contributed by atoms with Gasteiger partial charge in [-0.15, -0.1) is 10.2 Å². The number of benzene rings is 1. The van der Waals surface area contributed by atoms with Gasteiger partial charge in [-0.2, -0.15) is 0 Å². The quantitative estimate of drug-likeness (QED) is 0.909. The molecular formula is C15H20N4. The minimum Gasteiger partial charge on any atom is -0.330 e. The Labute approximate surface area is 113 Å². The Balaban J connectivity index is 1.82. The van der Waals surface area contributed by atoms with Gasteiger partial charge in [0.25, 0.3) is 0 Å². The zero-order valence-electron chi connectivity index (χ0n) is 11.3. The fourth-order valence-electron chi connectivity index (χ4n) is 2.79. The zero-order valence-corrected chi connectivity index (χ0v) is 11.3. The molecule has 1 aliphatic heterocycles. The molecule has 1 atom stereocenters. The van der Waals surface area contributed by atoms with Crippen LogP contribution in [-0.4, -0.2) is 21.3 Å². The molecule has 4 nitrogen and oxygen atoms in total. The molecule has 0 spiro atoms. The van der Waals surface area contributed by atoms with Crippen LogP contribution in [0.2, 0.25) is 0 Å². The second kappa shape index (κ2) is 5.13. The lowest BCUT2D eigenvalue weighted by molar-refractivity contribution is 0.385. The molecule has 1 aromatic carbocycles. The molecule has 0 aliphatic carbocycles. The number of aryl methyl sites for hydroxylation is 1. The Morgan fingerprint density at radius 2 is 2.26 bits per heavy atom. The van der Waals surface area contributed by atoms with Crippen molar-refractivity contribution in [1.82, 2.24) is 14.8 Å². The first-order valence-corrected chi connectivity index (χ1v) is 6.93. The number of hydrogen-bond donors (Lipinski definition) is 1. The van der Waals surface area contributed by atoms with Crippen molar-refractivity contribution >= 4 is 0 Å². The highest BCUT2D eigenvalue weighted by atomic mass is 15.3. The van der Waals surface area contributed by atoms with Crippen LogP contribution in [0.3, 0.4) is 0 Å². The van der Waals surface area contributed by atoms with Gasteiger partial charge in [-0.3, -0.25) is 0 Å². The van der Waals surface area contributed by atoms with Crippen LogP contribution in [0, 0.1) is 12.8 Å². The highest BCUT2D eigenvalue weighted by molar-refractivity contribution is 5.25. The van der Waals surface area contributed by atoms with E-state index < -0.39 is 0 Å². The molecule has 0 fully saturated rings. The van der Waals surface area contributed by atoms with E-state index in [1.807, 2.05) is 0 Å². The monoisotopic (exact) mass is 256 g/mol. The van der Waals surface area contributed by atoms with Gasteiger partial charge >= 0.3 is 0 Å². The lowest BCUT2D eigenvalue weighted by Gasteiger charge is -2.22. The van der Waals surface area contributed by atoms with Crippen molar-refractivity contribution < 1.29 is 0 Å². The van der Waals surface area contributed by atoms with E-state index in [1.165, 1.54) is 11.1 Å². The fourth-order valence-corrected chi connectivity index (χ4v) is 2.79. The lowest BCUT2D eigenvalue weighted by atomic mass is 9.98. The maximum absolute atomic E-state index is 5.75. The number of aromatic nitrogens is 3. The average molecular weight is 256 g/mol. The number of rotatable bonds is 3. The van der Waals surface area contributed by atoms with E-state index in [2.05, 4.69) is 46.0 Å². The van der Waals surface area contributed by atoms with Crippen LogP contribution in [0.1, 0.15) is 29.2 Å². The average Bonchev–Trinajstić information content (AvgIpc) is 2.81. The molecule has 2 heterocycles. The van der Waals surface area contributed by atoms with Crippen LogP contribution in [-0.2, 0) is 19.4 Å². The molecule has 0 bridgehead atoms. The van der Waals surface area contributed by atoms with E-state index in [-0.39, 0.29) is 0 Å². The Morgan fingerprint density at radius 1 is 1.37 bits per heavy atom. The first-order valence-electron chi connectivity index (χ1n) is 6.93. The number of fused-ring (bicyclic) bond motifs is 1. The van der Waals surface area contributed by atoms with Crippen molar-refractivity contribution in [1.29, 1.82) is 0 Å². The van der Waals surface area contributed by atoms with E-state index in [0.717, 1.165) is 44.0 Å². The first-order chi connectivity index (χ1) is 9.26. The molecule has 100 valence electrons. The highest BCUT2D eigenvalue weighted by Gasteiger charge is 2.21. The van der Waals surface area contributed by atoms with Crippen molar-refractivity contribution in [2.75, 3.05) is 6.54 Å². The Kier molecular flexibility index (Phi) is 3.34. The number of hydrogen-bond acceptors (Lipinski definition) is 3. The summed E-state index contributed by atoms with van der Waals surface area (Å²) in [5, 5.41) is 8.69. The smallest absolute Gasteiger partial charge is 0.137 e.